The third-order valence-electron chi connectivity index (χ3n) is 2.45. The molecular formula is C11H17FN2O4S2. The lowest BCUT2D eigenvalue weighted by atomic mass is 10.2. The highest BCUT2D eigenvalue weighted by Gasteiger charge is 2.14. The summed E-state index contributed by atoms with van der Waals surface area (Å²) in [5.41, 5.74) is 0.0640. The molecule has 0 saturated carbocycles. The van der Waals surface area contributed by atoms with Crippen molar-refractivity contribution in [2.45, 2.75) is 12.7 Å². The maximum Gasteiger partial charge on any atom is 0.215 e. The van der Waals surface area contributed by atoms with E-state index in [-0.39, 0.29) is 24.4 Å². The molecule has 0 atom stereocenters. The summed E-state index contributed by atoms with van der Waals surface area (Å²) in [6, 6.07) is 5.58. The number of hydrogen-bond acceptors (Lipinski definition) is 4. The fourth-order valence-corrected chi connectivity index (χ4v) is 3.16. The van der Waals surface area contributed by atoms with E-state index in [0.29, 0.717) is 0 Å². The van der Waals surface area contributed by atoms with Gasteiger partial charge in [-0.2, -0.15) is 0 Å². The summed E-state index contributed by atoms with van der Waals surface area (Å²) in [6.45, 7) is 1.34. The summed E-state index contributed by atoms with van der Waals surface area (Å²) in [6.07, 6.45) is 0. The van der Waals surface area contributed by atoms with E-state index < -0.39 is 31.6 Å². The third kappa shape index (κ3) is 5.95. The first-order chi connectivity index (χ1) is 9.26. The minimum Gasteiger partial charge on any atom is -0.214 e. The van der Waals surface area contributed by atoms with Crippen molar-refractivity contribution in [3.8, 4) is 0 Å². The Labute approximate surface area is 118 Å². The van der Waals surface area contributed by atoms with Crippen molar-refractivity contribution in [2.75, 3.05) is 18.8 Å². The van der Waals surface area contributed by atoms with Gasteiger partial charge in [-0.25, -0.2) is 30.7 Å². The van der Waals surface area contributed by atoms with Crippen LogP contribution in [-0.4, -0.2) is 35.7 Å². The molecule has 0 saturated heterocycles. The van der Waals surface area contributed by atoms with E-state index in [4.69, 9.17) is 0 Å². The lowest BCUT2D eigenvalue weighted by molar-refractivity contribution is 0.568. The van der Waals surface area contributed by atoms with Crippen molar-refractivity contribution >= 4 is 20.0 Å². The molecule has 6 nitrogen and oxygen atoms in total. The van der Waals surface area contributed by atoms with Crippen LogP contribution in [0.4, 0.5) is 4.39 Å². The van der Waals surface area contributed by atoms with E-state index in [1.165, 1.54) is 25.1 Å². The summed E-state index contributed by atoms with van der Waals surface area (Å²) in [5, 5.41) is 0. The van der Waals surface area contributed by atoms with Gasteiger partial charge in [-0.05, 0) is 13.0 Å². The van der Waals surface area contributed by atoms with E-state index in [1.54, 1.807) is 6.07 Å². The van der Waals surface area contributed by atoms with Gasteiger partial charge in [-0.15, -0.1) is 0 Å². The normalized spacial score (nSPS) is 12.5. The molecule has 1 rings (SSSR count). The zero-order valence-electron chi connectivity index (χ0n) is 11.0. The molecule has 0 unspecified atom stereocenters. The summed E-state index contributed by atoms with van der Waals surface area (Å²) < 4.78 is 63.4. The first-order valence-electron chi connectivity index (χ1n) is 5.94. The highest BCUT2D eigenvalue weighted by molar-refractivity contribution is 7.89. The van der Waals surface area contributed by atoms with Gasteiger partial charge in [0, 0.05) is 18.7 Å². The summed E-state index contributed by atoms with van der Waals surface area (Å²) in [5.74, 6) is -1.15. The second-order valence-corrected chi connectivity index (χ2v) is 7.94. The number of hydrogen-bond donors (Lipinski definition) is 2. The highest BCUT2D eigenvalue weighted by atomic mass is 32.2. The molecule has 1 aromatic rings. The van der Waals surface area contributed by atoms with Crippen molar-refractivity contribution in [2.24, 2.45) is 0 Å². The molecule has 0 aromatic heterocycles. The van der Waals surface area contributed by atoms with Crippen LogP contribution in [0.5, 0.6) is 0 Å². The van der Waals surface area contributed by atoms with Crippen molar-refractivity contribution in [3.05, 3.63) is 35.6 Å². The third-order valence-corrected chi connectivity index (χ3v) is 5.19. The highest BCUT2D eigenvalue weighted by Crippen LogP contribution is 2.09. The lowest BCUT2D eigenvalue weighted by Gasteiger charge is -2.08. The van der Waals surface area contributed by atoms with Crippen LogP contribution in [0.2, 0.25) is 0 Å². The SMILES string of the molecule is CCS(=O)(=O)NCCNS(=O)(=O)Cc1ccccc1F. The molecule has 0 aliphatic carbocycles. The number of halogens is 1. The van der Waals surface area contributed by atoms with Crippen molar-refractivity contribution in [1.29, 1.82) is 0 Å². The van der Waals surface area contributed by atoms with Crippen LogP contribution in [0.1, 0.15) is 12.5 Å². The topological polar surface area (TPSA) is 92.3 Å². The van der Waals surface area contributed by atoms with E-state index in [2.05, 4.69) is 9.44 Å². The van der Waals surface area contributed by atoms with Crippen LogP contribution in [0, 0.1) is 5.82 Å². The molecular weight excluding hydrogens is 307 g/mol. The van der Waals surface area contributed by atoms with Crippen LogP contribution >= 0.6 is 0 Å². The number of sulfonamides is 2. The maximum absolute atomic E-state index is 13.3. The molecule has 0 heterocycles. The van der Waals surface area contributed by atoms with Gasteiger partial charge in [0.05, 0.1) is 11.5 Å². The van der Waals surface area contributed by atoms with Gasteiger partial charge in [0.1, 0.15) is 5.82 Å². The Morgan fingerprint density at radius 1 is 1.00 bits per heavy atom. The first-order valence-corrected chi connectivity index (χ1v) is 9.24. The molecule has 9 heteroatoms. The zero-order valence-corrected chi connectivity index (χ0v) is 12.6. The van der Waals surface area contributed by atoms with Gasteiger partial charge in [-0.1, -0.05) is 18.2 Å². The molecule has 1 aromatic carbocycles. The van der Waals surface area contributed by atoms with Crippen LogP contribution in [-0.2, 0) is 25.8 Å². The molecule has 0 aliphatic rings. The fraction of sp³-hybridized carbons (Fsp3) is 0.455. The number of nitrogens with one attached hydrogen (secondary N) is 2. The Morgan fingerprint density at radius 3 is 2.10 bits per heavy atom. The van der Waals surface area contributed by atoms with E-state index in [1.807, 2.05) is 0 Å². The number of rotatable bonds is 8. The fourth-order valence-electron chi connectivity index (χ4n) is 1.39. The van der Waals surface area contributed by atoms with Crippen molar-refractivity contribution < 1.29 is 21.2 Å². The molecule has 0 fully saturated rings. The summed E-state index contributed by atoms with van der Waals surface area (Å²) >= 11 is 0. The Balaban J connectivity index is 2.49. The molecule has 0 amide bonds. The molecule has 0 radical (unpaired) electrons. The lowest BCUT2D eigenvalue weighted by Crippen LogP contribution is -2.35. The average molecular weight is 324 g/mol. The van der Waals surface area contributed by atoms with Crippen LogP contribution in [0.15, 0.2) is 24.3 Å². The molecule has 0 bridgehead atoms. The second-order valence-electron chi connectivity index (χ2n) is 4.04. The molecule has 20 heavy (non-hydrogen) atoms. The van der Waals surface area contributed by atoms with Gasteiger partial charge in [-0.3, -0.25) is 0 Å². The Hall–Kier alpha value is -1.03. The van der Waals surface area contributed by atoms with Gasteiger partial charge in [0.25, 0.3) is 0 Å². The largest absolute Gasteiger partial charge is 0.215 e. The van der Waals surface area contributed by atoms with E-state index >= 15 is 0 Å². The quantitative estimate of drug-likeness (QED) is 0.668. The van der Waals surface area contributed by atoms with Crippen LogP contribution in [0.25, 0.3) is 0 Å². The molecule has 114 valence electrons. The van der Waals surface area contributed by atoms with Gasteiger partial charge >= 0.3 is 0 Å². The molecule has 2 N–H and O–H groups in total. The first kappa shape index (κ1) is 17.0. The predicted molar refractivity (Wildman–Crippen MR) is 74.5 cm³/mol. The zero-order chi connectivity index (χ0) is 15.2. The monoisotopic (exact) mass is 324 g/mol. The number of benzene rings is 1. The Morgan fingerprint density at radius 2 is 1.55 bits per heavy atom. The summed E-state index contributed by atoms with van der Waals surface area (Å²) in [7, 11) is -7.05. The van der Waals surface area contributed by atoms with Crippen molar-refractivity contribution in [3.63, 3.8) is 0 Å². The minimum absolute atomic E-state index is 0.0489. The average Bonchev–Trinajstić information content (AvgIpc) is 2.37. The second kappa shape index (κ2) is 7.11. The molecule has 0 spiro atoms. The molecule has 0 aliphatic heterocycles. The van der Waals surface area contributed by atoms with Gasteiger partial charge < -0.3 is 0 Å². The van der Waals surface area contributed by atoms with Crippen molar-refractivity contribution in [1.82, 2.24) is 9.44 Å². The van der Waals surface area contributed by atoms with Gasteiger partial charge in [0.2, 0.25) is 20.0 Å². The van der Waals surface area contributed by atoms with Crippen LogP contribution < -0.4 is 9.44 Å². The Bertz CT molecular complexity index is 644. The van der Waals surface area contributed by atoms with Gasteiger partial charge in [0.15, 0.2) is 0 Å². The standard InChI is InChI=1S/C11H17FN2O4S2/c1-2-19(15,16)13-7-8-14-20(17,18)9-10-5-3-4-6-11(10)12/h3-6,13-14H,2,7-9H2,1H3. The minimum atomic E-state index is -3.71. The summed E-state index contributed by atoms with van der Waals surface area (Å²) in [4.78, 5) is 0. The van der Waals surface area contributed by atoms with E-state index in [0.717, 1.165) is 0 Å². The van der Waals surface area contributed by atoms with Crippen LogP contribution in [0.3, 0.4) is 0 Å². The maximum atomic E-state index is 13.3. The van der Waals surface area contributed by atoms with E-state index in [9.17, 15) is 21.2 Å². The predicted octanol–water partition coefficient (Wildman–Crippen LogP) is 0.184. The smallest absolute Gasteiger partial charge is 0.214 e. The Kier molecular flexibility index (Phi) is 6.06.